The zero-order valence-electron chi connectivity index (χ0n) is 14.3. The maximum absolute atomic E-state index is 12.6. The first kappa shape index (κ1) is 20.0. The lowest BCUT2D eigenvalue weighted by atomic mass is 10.1. The first-order valence-electron chi connectivity index (χ1n) is 7.34. The van der Waals surface area contributed by atoms with E-state index in [2.05, 4.69) is 5.32 Å². The lowest BCUT2D eigenvalue weighted by Crippen LogP contribution is -2.24. The van der Waals surface area contributed by atoms with Crippen LogP contribution in [0, 0.1) is 0 Å². The summed E-state index contributed by atoms with van der Waals surface area (Å²) in [7, 11) is 0.451. The lowest BCUT2D eigenvalue weighted by Gasteiger charge is -2.12. The van der Waals surface area contributed by atoms with Crippen LogP contribution in [0.5, 0.6) is 0 Å². The number of carboxylic acid groups (broad SMARTS) is 1. The van der Waals surface area contributed by atoms with Gasteiger partial charge in [0.05, 0.1) is 12.2 Å². The lowest BCUT2D eigenvalue weighted by molar-refractivity contribution is 0.0696. The Morgan fingerprint density at radius 2 is 1.96 bits per heavy atom. The van der Waals surface area contributed by atoms with Gasteiger partial charge in [0.1, 0.15) is 9.77 Å². The second-order valence-electron chi connectivity index (χ2n) is 5.51. The predicted molar refractivity (Wildman–Crippen MR) is 97.3 cm³/mol. The minimum absolute atomic E-state index is 0.0119. The van der Waals surface area contributed by atoms with E-state index < -0.39 is 21.9 Å². The third-order valence-electron chi connectivity index (χ3n) is 3.40. The molecule has 1 amide bonds. The van der Waals surface area contributed by atoms with E-state index >= 15 is 0 Å². The number of hydrogen-bond acceptors (Lipinski definition) is 6. The Labute approximate surface area is 155 Å². The third kappa shape index (κ3) is 4.28. The van der Waals surface area contributed by atoms with E-state index in [9.17, 15) is 23.1 Å². The molecule has 0 fully saturated rings. The molecule has 2 N–H and O–H groups in total. The first-order valence-corrected chi connectivity index (χ1v) is 9.66. The maximum atomic E-state index is 12.6. The van der Waals surface area contributed by atoms with E-state index in [0.717, 1.165) is 15.6 Å². The molecule has 0 saturated heterocycles. The Kier molecular flexibility index (Phi) is 6.13. The van der Waals surface area contributed by atoms with Crippen molar-refractivity contribution in [2.45, 2.75) is 11.5 Å². The summed E-state index contributed by atoms with van der Waals surface area (Å²) in [6.45, 7) is 0.170. The summed E-state index contributed by atoms with van der Waals surface area (Å²) in [6, 6.07) is 5.67. The van der Waals surface area contributed by atoms with Gasteiger partial charge in [0.25, 0.3) is 5.91 Å². The summed E-state index contributed by atoms with van der Waals surface area (Å²) in [5.74, 6) is -1.78. The number of benzene rings is 1. The van der Waals surface area contributed by atoms with Crippen LogP contribution in [0.15, 0.2) is 34.5 Å². The van der Waals surface area contributed by atoms with Crippen LogP contribution in [-0.4, -0.2) is 50.9 Å². The zero-order chi connectivity index (χ0) is 19.5. The number of ether oxygens (including phenoxy) is 1. The zero-order valence-corrected chi connectivity index (χ0v) is 16.0. The number of anilines is 1. The molecule has 0 radical (unpaired) electrons. The smallest absolute Gasteiger partial charge is 0.335 e. The van der Waals surface area contributed by atoms with Crippen LogP contribution in [0.4, 0.5) is 5.69 Å². The molecule has 0 bridgehead atoms. The molecule has 0 atom stereocenters. The average Bonchev–Trinajstić information content (AvgIpc) is 3.05. The standard InChI is InChI=1S/C16H18N2O6S2/c1-18(2)26(22,23)13-4-5-25-14(13)15(19)17-12-7-10(9-24-3)6-11(8-12)16(20)21/h4-8H,9H2,1-3H3,(H,17,19)(H,20,21). The number of carbonyl (C=O) groups excluding carboxylic acids is 1. The number of methoxy groups -OCH3 is 1. The van der Waals surface area contributed by atoms with Crippen molar-refractivity contribution in [3.05, 3.63) is 45.6 Å². The highest BCUT2D eigenvalue weighted by Crippen LogP contribution is 2.26. The van der Waals surface area contributed by atoms with Crippen molar-refractivity contribution in [1.82, 2.24) is 4.31 Å². The molecule has 0 spiro atoms. The van der Waals surface area contributed by atoms with Gasteiger partial charge in [0.15, 0.2) is 0 Å². The normalized spacial score (nSPS) is 11.5. The van der Waals surface area contributed by atoms with Crippen LogP contribution < -0.4 is 5.32 Å². The second kappa shape index (κ2) is 7.96. The van der Waals surface area contributed by atoms with Gasteiger partial charge in [0.2, 0.25) is 10.0 Å². The fourth-order valence-corrected chi connectivity index (χ4v) is 4.38. The third-order valence-corrected chi connectivity index (χ3v) is 6.30. The van der Waals surface area contributed by atoms with Crippen LogP contribution >= 0.6 is 11.3 Å². The van der Waals surface area contributed by atoms with E-state index in [4.69, 9.17) is 4.74 Å². The maximum Gasteiger partial charge on any atom is 0.335 e. The van der Waals surface area contributed by atoms with Gasteiger partial charge in [-0.15, -0.1) is 11.3 Å². The number of nitrogens with one attached hydrogen (secondary N) is 1. The number of rotatable bonds is 7. The Bertz CT molecular complexity index is 934. The van der Waals surface area contributed by atoms with Crippen molar-refractivity contribution in [3.8, 4) is 0 Å². The van der Waals surface area contributed by atoms with E-state index in [-0.39, 0.29) is 27.6 Å². The number of nitrogens with zero attached hydrogens (tertiary/aromatic N) is 1. The van der Waals surface area contributed by atoms with Gasteiger partial charge >= 0.3 is 5.97 Å². The van der Waals surface area contributed by atoms with Gasteiger partial charge in [0, 0.05) is 26.9 Å². The van der Waals surface area contributed by atoms with Gasteiger partial charge in [-0.05, 0) is 35.2 Å². The average molecular weight is 398 g/mol. The molecule has 2 aromatic rings. The van der Waals surface area contributed by atoms with Crippen molar-refractivity contribution in [3.63, 3.8) is 0 Å². The van der Waals surface area contributed by atoms with Crippen LogP contribution in [0.25, 0.3) is 0 Å². The SMILES string of the molecule is COCc1cc(NC(=O)c2sccc2S(=O)(=O)N(C)C)cc(C(=O)O)c1. The number of carboxylic acids is 1. The molecule has 10 heteroatoms. The molecule has 2 rings (SSSR count). The monoisotopic (exact) mass is 398 g/mol. The minimum atomic E-state index is -3.77. The fourth-order valence-electron chi connectivity index (χ4n) is 2.19. The topological polar surface area (TPSA) is 113 Å². The highest BCUT2D eigenvalue weighted by Gasteiger charge is 2.26. The fraction of sp³-hybridized carbons (Fsp3) is 0.250. The van der Waals surface area contributed by atoms with Gasteiger partial charge in [-0.1, -0.05) is 0 Å². The van der Waals surface area contributed by atoms with Crippen molar-refractivity contribution < 1.29 is 27.9 Å². The summed E-state index contributed by atoms with van der Waals surface area (Å²) in [4.78, 5) is 23.7. The molecular formula is C16H18N2O6S2. The number of thiophene rings is 1. The Morgan fingerprint density at radius 1 is 1.27 bits per heavy atom. The largest absolute Gasteiger partial charge is 0.478 e. The molecule has 0 aliphatic heterocycles. The molecule has 0 unspecified atom stereocenters. The molecule has 0 aliphatic rings. The van der Waals surface area contributed by atoms with Gasteiger partial charge < -0.3 is 15.2 Å². The van der Waals surface area contributed by atoms with Crippen molar-refractivity contribution >= 4 is 38.9 Å². The van der Waals surface area contributed by atoms with Crippen molar-refractivity contribution in [1.29, 1.82) is 0 Å². The van der Waals surface area contributed by atoms with Crippen molar-refractivity contribution in [2.24, 2.45) is 0 Å². The molecular weight excluding hydrogens is 380 g/mol. The van der Waals surface area contributed by atoms with E-state index in [1.807, 2.05) is 0 Å². The van der Waals surface area contributed by atoms with Gasteiger partial charge in [-0.25, -0.2) is 17.5 Å². The molecule has 1 heterocycles. The molecule has 140 valence electrons. The summed E-state index contributed by atoms with van der Waals surface area (Å²) >= 11 is 0.987. The van der Waals surface area contributed by atoms with Crippen LogP contribution in [0.3, 0.4) is 0 Å². The van der Waals surface area contributed by atoms with Crippen LogP contribution in [-0.2, 0) is 21.4 Å². The Morgan fingerprint density at radius 3 is 2.54 bits per heavy atom. The van der Waals surface area contributed by atoms with E-state index in [1.54, 1.807) is 6.07 Å². The van der Waals surface area contributed by atoms with Crippen molar-refractivity contribution in [2.75, 3.05) is 26.5 Å². The molecule has 26 heavy (non-hydrogen) atoms. The Balaban J connectivity index is 2.37. The quantitative estimate of drug-likeness (QED) is 0.738. The highest BCUT2D eigenvalue weighted by atomic mass is 32.2. The summed E-state index contributed by atoms with van der Waals surface area (Å²) < 4.78 is 30.6. The van der Waals surface area contributed by atoms with Gasteiger partial charge in [-0.3, -0.25) is 4.79 Å². The number of carbonyl (C=O) groups is 2. The molecule has 8 nitrogen and oxygen atoms in total. The Hall–Kier alpha value is -2.27. The number of amides is 1. The number of aromatic carboxylic acids is 1. The van der Waals surface area contributed by atoms with Gasteiger partial charge in [-0.2, -0.15) is 0 Å². The summed E-state index contributed by atoms with van der Waals surface area (Å²) in [6.07, 6.45) is 0. The molecule has 1 aromatic heterocycles. The summed E-state index contributed by atoms with van der Waals surface area (Å²) in [5.41, 5.74) is 0.792. The van der Waals surface area contributed by atoms with Crippen LogP contribution in [0.1, 0.15) is 25.6 Å². The molecule has 0 aliphatic carbocycles. The molecule has 1 aromatic carbocycles. The summed E-state index contributed by atoms with van der Waals surface area (Å²) in [5, 5.41) is 13.3. The molecule has 0 saturated carbocycles. The number of sulfonamides is 1. The minimum Gasteiger partial charge on any atom is -0.478 e. The first-order chi connectivity index (χ1) is 12.2. The number of hydrogen-bond donors (Lipinski definition) is 2. The predicted octanol–water partition coefficient (Wildman–Crippen LogP) is 2.10. The van der Waals surface area contributed by atoms with E-state index in [1.165, 1.54) is 44.8 Å². The van der Waals surface area contributed by atoms with Crippen LogP contribution in [0.2, 0.25) is 0 Å². The van der Waals surface area contributed by atoms with E-state index in [0.29, 0.717) is 5.56 Å². The highest BCUT2D eigenvalue weighted by molar-refractivity contribution is 7.89. The second-order valence-corrected chi connectivity index (χ2v) is 8.55.